The van der Waals surface area contributed by atoms with Gasteiger partial charge in [-0.2, -0.15) is 0 Å². The van der Waals surface area contributed by atoms with Crippen molar-refractivity contribution < 1.29 is 8.42 Å². The maximum atomic E-state index is 13.6. The monoisotopic (exact) mass is 477 g/mol. The molecule has 0 spiro atoms. The fourth-order valence-electron chi connectivity index (χ4n) is 4.20. The minimum atomic E-state index is -3.75. The summed E-state index contributed by atoms with van der Waals surface area (Å²) in [5.74, 6) is 0.616. The van der Waals surface area contributed by atoms with Crippen LogP contribution in [0, 0.1) is 11.3 Å². The summed E-state index contributed by atoms with van der Waals surface area (Å²) in [5, 5.41) is 11.1. The Bertz CT molecular complexity index is 1190. The predicted octanol–water partition coefficient (Wildman–Crippen LogP) is 4.10. The summed E-state index contributed by atoms with van der Waals surface area (Å²) in [6.07, 6.45) is 1.93. The molecular formula is C26H31N5O2S. The van der Waals surface area contributed by atoms with Crippen molar-refractivity contribution in [3.63, 3.8) is 0 Å². The molecule has 0 aromatic heterocycles. The van der Waals surface area contributed by atoms with Gasteiger partial charge in [-0.15, -0.1) is 0 Å². The fourth-order valence-corrected chi connectivity index (χ4v) is 5.66. The molecule has 34 heavy (non-hydrogen) atoms. The van der Waals surface area contributed by atoms with Crippen LogP contribution >= 0.6 is 0 Å². The Labute approximate surface area is 201 Å². The predicted molar refractivity (Wildman–Crippen MR) is 137 cm³/mol. The lowest BCUT2D eigenvalue weighted by Gasteiger charge is -2.32. The molecule has 8 heteroatoms. The van der Waals surface area contributed by atoms with Crippen LogP contribution in [0.3, 0.4) is 0 Å². The van der Waals surface area contributed by atoms with Crippen molar-refractivity contribution >= 4 is 27.4 Å². The lowest BCUT2D eigenvalue weighted by molar-refractivity contribution is 0.271. The van der Waals surface area contributed by atoms with Crippen molar-refractivity contribution in [1.29, 1.82) is 5.41 Å². The molecule has 0 saturated carbocycles. The molecule has 3 aromatic rings. The molecule has 1 aliphatic rings. The molecule has 0 amide bonds. The van der Waals surface area contributed by atoms with Crippen LogP contribution < -0.4 is 15.4 Å². The van der Waals surface area contributed by atoms with Crippen LogP contribution in [0.2, 0.25) is 0 Å². The lowest BCUT2D eigenvalue weighted by Crippen LogP contribution is -2.43. The molecule has 0 aliphatic carbocycles. The van der Waals surface area contributed by atoms with Crippen LogP contribution in [0.1, 0.15) is 18.4 Å². The van der Waals surface area contributed by atoms with E-state index in [4.69, 9.17) is 11.1 Å². The second-order valence-corrected chi connectivity index (χ2v) is 10.4. The highest BCUT2D eigenvalue weighted by molar-refractivity contribution is 7.92. The first-order valence-corrected chi connectivity index (χ1v) is 12.9. The topological polar surface area (TPSA) is 103 Å². The van der Waals surface area contributed by atoms with E-state index in [-0.39, 0.29) is 17.4 Å². The largest absolute Gasteiger partial charge is 0.385 e. The first kappa shape index (κ1) is 23.6. The molecule has 1 aliphatic heterocycles. The highest BCUT2D eigenvalue weighted by atomic mass is 32.2. The minimum absolute atomic E-state index is 0.136. The molecule has 4 rings (SSSR count). The lowest BCUT2D eigenvalue weighted by atomic mass is 9.97. The summed E-state index contributed by atoms with van der Waals surface area (Å²) >= 11 is 0. The van der Waals surface area contributed by atoms with Gasteiger partial charge < -0.3 is 16.0 Å². The number of benzene rings is 3. The number of rotatable bonds is 8. The van der Waals surface area contributed by atoms with Gasteiger partial charge in [-0.3, -0.25) is 9.71 Å². The van der Waals surface area contributed by atoms with Gasteiger partial charge in [0, 0.05) is 25.3 Å². The second kappa shape index (κ2) is 10.6. The van der Waals surface area contributed by atoms with Crippen LogP contribution in [0.5, 0.6) is 0 Å². The molecule has 4 N–H and O–H groups in total. The fraction of sp³-hybridized carbons (Fsp3) is 0.269. The average Bonchev–Trinajstić information content (AvgIpc) is 2.87. The van der Waals surface area contributed by atoms with Crippen molar-refractivity contribution in [1.82, 2.24) is 4.90 Å². The number of hydrogen-bond acceptors (Lipinski definition) is 4. The van der Waals surface area contributed by atoms with Crippen molar-refractivity contribution in [2.45, 2.75) is 24.3 Å². The van der Waals surface area contributed by atoms with Gasteiger partial charge in [0.2, 0.25) is 0 Å². The van der Waals surface area contributed by atoms with Gasteiger partial charge in [-0.05, 0) is 54.7 Å². The van der Waals surface area contributed by atoms with Crippen LogP contribution in [0.4, 0.5) is 11.4 Å². The maximum Gasteiger partial charge on any atom is 0.264 e. The summed E-state index contributed by atoms with van der Waals surface area (Å²) in [4.78, 5) is 2.16. The molecule has 0 unspecified atom stereocenters. The van der Waals surface area contributed by atoms with Gasteiger partial charge in [0.15, 0.2) is 5.96 Å². The zero-order valence-electron chi connectivity index (χ0n) is 19.1. The SMILES string of the molecule is N=C(N)N1CCC(CNc2cccc(N(Cc3ccccc3)S(=O)(=O)c3ccccc3)c2)CC1. The van der Waals surface area contributed by atoms with E-state index in [1.807, 2.05) is 65.6 Å². The molecule has 178 valence electrons. The molecule has 0 atom stereocenters. The molecule has 0 radical (unpaired) electrons. The maximum absolute atomic E-state index is 13.6. The Morgan fingerprint density at radius 2 is 1.62 bits per heavy atom. The average molecular weight is 478 g/mol. The Hall–Kier alpha value is -3.52. The highest BCUT2D eigenvalue weighted by Gasteiger charge is 2.25. The molecule has 7 nitrogen and oxygen atoms in total. The summed E-state index contributed by atoms with van der Waals surface area (Å²) in [5.41, 5.74) is 8.01. The van der Waals surface area contributed by atoms with Crippen LogP contribution in [-0.2, 0) is 16.6 Å². The van der Waals surface area contributed by atoms with E-state index in [0.29, 0.717) is 11.6 Å². The van der Waals surface area contributed by atoms with Crippen LogP contribution in [0.15, 0.2) is 89.8 Å². The number of nitrogens with one attached hydrogen (secondary N) is 2. The standard InChI is InChI=1S/C26H31N5O2S/c27-26(28)30-16-14-21(15-17-30)19-29-23-10-7-11-24(18-23)31(20-22-8-3-1-4-9-22)34(32,33)25-12-5-2-6-13-25/h1-13,18,21,29H,14-17,19-20H2,(H3,27,28). The van der Waals surface area contributed by atoms with Gasteiger partial charge in [0.1, 0.15) is 0 Å². The van der Waals surface area contributed by atoms with Crippen LogP contribution in [0.25, 0.3) is 0 Å². The first-order valence-electron chi connectivity index (χ1n) is 11.5. The number of hydrogen-bond donors (Lipinski definition) is 3. The molecule has 1 fully saturated rings. The third-order valence-electron chi connectivity index (χ3n) is 6.18. The third-order valence-corrected chi connectivity index (χ3v) is 7.97. The number of likely N-dealkylation sites (tertiary alicyclic amines) is 1. The highest BCUT2D eigenvalue weighted by Crippen LogP contribution is 2.28. The van der Waals surface area contributed by atoms with E-state index in [9.17, 15) is 8.42 Å². The van der Waals surface area contributed by atoms with Gasteiger partial charge in [0.05, 0.1) is 17.1 Å². The Kier molecular flexibility index (Phi) is 7.37. The number of nitrogens with two attached hydrogens (primary N) is 1. The second-order valence-electron chi connectivity index (χ2n) is 8.56. The van der Waals surface area contributed by atoms with E-state index in [1.165, 1.54) is 4.31 Å². The van der Waals surface area contributed by atoms with Crippen LogP contribution in [-0.4, -0.2) is 38.9 Å². The first-order chi connectivity index (χ1) is 16.4. The molecular weight excluding hydrogens is 446 g/mol. The van der Waals surface area contributed by atoms with E-state index < -0.39 is 10.0 Å². The summed E-state index contributed by atoms with van der Waals surface area (Å²) < 4.78 is 28.7. The Morgan fingerprint density at radius 3 is 2.26 bits per heavy atom. The normalized spacial score (nSPS) is 14.5. The summed E-state index contributed by atoms with van der Waals surface area (Å²) in [7, 11) is -3.75. The zero-order valence-corrected chi connectivity index (χ0v) is 19.9. The molecule has 1 saturated heterocycles. The number of sulfonamides is 1. The Morgan fingerprint density at radius 1 is 0.971 bits per heavy atom. The summed E-state index contributed by atoms with van der Waals surface area (Å²) in [6.45, 7) is 2.62. The molecule has 3 aromatic carbocycles. The van der Waals surface area contributed by atoms with Crippen molar-refractivity contribution in [3.05, 3.63) is 90.5 Å². The third kappa shape index (κ3) is 5.69. The number of piperidine rings is 1. The van der Waals surface area contributed by atoms with Crippen molar-refractivity contribution in [3.8, 4) is 0 Å². The summed E-state index contributed by atoms with van der Waals surface area (Å²) in [6, 6.07) is 25.7. The van der Waals surface area contributed by atoms with Crippen molar-refractivity contribution in [2.24, 2.45) is 11.7 Å². The molecule has 0 bridgehead atoms. The van der Waals surface area contributed by atoms with E-state index in [1.54, 1.807) is 24.3 Å². The molecule has 1 heterocycles. The van der Waals surface area contributed by atoms with E-state index >= 15 is 0 Å². The number of nitrogens with zero attached hydrogens (tertiary/aromatic N) is 2. The quantitative estimate of drug-likeness (QED) is 0.335. The number of guanidine groups is 1. The Balaban J connectivity index is 1.54. The van der Waals surface area contributed by atoms with E-state index in [2.05, 4.69) is 5.32 Å². The van der Waals surface area contributed by atoms with Gasteiger partial charge in [-0.1, -0.05) is 54.6 Å². The minimum Gasteiger partial charge on any atom is -0.385 e. The smallest absolute Gasteiger partial charge is 0.264 e. The van der Waals surface area contributed by atoms with Gasteiger partial charge >= 0.3 is 0 Å². The van der Waals surface area contributed by atoms with Gasteiger partial charge in [0.25, 0.3) is 10.0 Å². The van der Waals surface area contributed by atoms with Crippen molar-refractivity contribution in [2.75, 3.05) is 29.3 Å². The van der Waals surface area contributed by atoms with E-state index in [0.717, 1.165) is 43.7 Å². The number of anilines is 2. The zero-order chi connectivity index (χ0) is 24.0. The van der Waals surface area contributed by atoms with Gasteiger partial charge in [-0.25, -0.2) is 8.42 Å².